The maximum Gasteiger partial charge on any atom is 0.314 e. The van der Waals surface area contributed by atoms with Crippen LogP contribution in [-0.4, -0.2) is 37.9 Å². The molecule has 2 rings (SSSR count). The standard InChI is InChI=1S/C35H48O8/c1-12-39-30-26(17-18-29(36)24-13-15-25(16-14-24)40-20-42-32(37)34(6,7)8)31(41-21-43-33(38)35(9,10)11)28(23(4)5)19-27(30)22(2)3/h13-19,22-23H,12,20-21H2,1-11H3/b18-17+. The van der Waals surface area contributed by atoms with Gasteiger partial charge in [0.15, 0.2) is 5.78 Å². The van der Waals surface area contributed by atoms with Gasteiger partial charge < -0.3 is 23.7 Å². The Morgan fingerprint density at radius 1 is 0.721 bits per heavy atom. The third kappa shape index (κ3) is 10.2. The maximum absolute atomic E-state index is 13.2. The Bertz CT molecular complexity index is 1290. The van der Waals surface area contributed by atoms with Crippen LogP contribution < -0.4 is 14.2 Å². The number of hydrogen-bond donors (Lipinski definition) is 0. The molecule has 8 nitrogen and oxygen atoms in total. The van der Waals surface area contributed by atoms with Gasteiger partial charge in [0.1, 0.15) is 17.2 Å². The van der Waals surface area contributed by atoms with Gasteiger partial charge in [0, 0.05) is 5.56 Å². The molecule has 0 spiro atoms. The SMILES string of the molecule is CCOc1c(C(C)C)cc(C(C)C)c(OCOC(=O)C(C)(C)C)c1/C=C/C(=O)c1ccc(OCOC(=O)C(C)(C)C)cc1. The molecule has 0 N–H and O–H groups in total. The summed E-state index contributed by atoms with van der Waals surface area (Å²) in [6.45, 7) is 20.7. The molecule has 0 bridgehead atoms. The zero-order chi connectivity index (χ0) is 32.5. The fourth-order valence-corrected chi connectivity index (χ4v) is 3.88. The van der Waals surface area contributed by atoms with Crippen molar-refractivity contribution in [2.45, 2.75) is 88.0 Å². The van der Waals surface area contributed by atoms with Gasteiger partial charge in [0.05, 0.1) is 23.0 Å². The first-order chi connectivity index (χ1) is 20.0. The van der Waals surface area contributed by atoms with Crippen molar-refractivity contribution in [1.29, 1.82) is 0 Å². The Balaban J connectivity index is 2.40. The van der Waals surface area contributed by atoms with E-state index in [-0.39, 0.29) is 43.1 Å². The van der Waals surface area contributed by atoms with Crippen molar-refractivity contribution in [1.82, 2.24) is 0 Å². The van der Waals surface area contributed by atoms with Crippen LogP contribution >= 0.6 is 0 Å². The molecule has 0 unspecified atom stereocenters. The number of carbonyl (C=O) groups excluding carboxylic acids is 3. The number of benzene rings is 2. The van der Waals surface area contributed by atoms with Crippen LogP contribution in [0.25, 0.3) is 6.08 Å². The van der Waals surface area contributed by atoms with Crippen molar-refractivity contribution in [2.75, 3.05) is 20.2 Å². The smallest absolute Gasteiger partial charge is 0.314 e. The van der Waals surface area contributed by atoms with E-state index in [4.69, 9.17) is 23.7 Å². The highest BCUT2D eigenvalue weighted by molar-refractivity contribution is 6.07. The summed E-state index contributed by atoms with van der Waals surface area (Å²) in [5, 5.41) is 0. The van der Waals surface area contributed by atoms with Gasteiger partial charge in [-0.3, -0.25) is 14.4 Å². The molecule has 0 saturated heterocycles. The normalized spacial score (nSPS) is 12.0. The van der Waals surface area contributed by atoms with Gasteiger partial charge in [-0.25, -0.2) is 0 Å². The number of carbonyl (C=O) groups is 3. The van der Waals surface area contributed by atoms with Gasteiger partial charge >= 0.3 is 11.9 Å². The number of ether oxygens (including phenoxy) is 5. The van der Waals surface area contributed by atoms with E-state index >= 15 is 0 Å². The van der Waals surface area contributed by atoms with Crippen molar-refractivity contribution in [2.24, 2.45) is 10.8 Å². The lowest BCUT2D eigenvalue weighted by atomic mass is 9.90. The predicted octanol–water partition coefficient (Wildman–Crippen LogP) is 8.08. The second-order valence-electron chi connectivity index (χ2n) is 13.0. The molecular weight excluding hydrogens is 548 g/mol. The number of ketones is 1. The van der Waals surface area contributed by atoms with Crippen molar-refractivity contribution >= 4 is 23.8 Å². The lowest BCUT2D eigenvalue weighted by molar-refractivity contribution is -0.160. The minimum Gasteiger partial charge on any atom is -0.493 e. The molecule has 0 heterocycles. The average Bonchev–Trinajstić information content (AvgIpc) is 2.91. The van der Waals surface area contributed by atoms with Crippen LogP contribution in [0.15, 0.2) is 36.4 Å². The van der Waals surface area contributed by atoms with Crippen LogP contribution in [0.2, 0.25) is 0 Å². The highest BCUT2D eigenvalue weighted by Crippen LogP contribution is 2.43. The van der Waals surface area contributed by atoms with Gasteiger partial charge in [-0.1, -0.05) is 27.7 Å². The molecule has 236 valence electrons. The van der Waals surface area contributed by atoms with Crippen LogP contribution in [0, 0.1) is 10.8 Å². The Morgan fingerprint density at radius 2 is 1.19 bits per heavy atom. The number of allylic oxidation sites excluding steroid dienone is 1. The van der Waals surface area contributed by atoms with E-state index in [0.29, 0.717) is 35.0 Å². The monoisotopic (exact) mass is 596 g/mol. The molecule has 0 saturated carbocycles. The molecule has 0 fully saturated rings. The number of rotatable bonds is 13. The highest BCUT2D eigenvalue weighted by Gasteiger charge is 2.26. The molecule has 0 aliphatic rings. The molecule has 0 radical (unpaired) electrons. The summed E-state index contributed by atoms with van der Waals surface area (Å²) < 4.78 is 28.3. The van der Waals surface area contributed by atoms with Gasteiger partial charge in [0.25, 0.3) is 0 Å². The summed E-state index contributed by atoms with van der Waals surface area (Å²) >= 11 is 0. The maximum atomic E-state index is 13.2. The molecule has 0 aliphatic carbocycles. The Labute approximate surface area is 256 Å². The predicted molar refractivity (Wildman–Crippen MR) is 168 cm³/mol. The van der Waals surface area contributed by atoms with E-state index in [9.17, 15) is 14.4 Å². The third-order valence-electron chi connectivity index (χ3n) is 6.43. The first-order valence-electron chi connectivity index (χ1n) is 14.7. The van der Waals surface area contributed by atoms with Gasteiger partial charge in [-0.05, 0) is 114 Å². The topological polar surface area (TPSA) is 97.4 Å². The molecule has 2 aromatic carbocycles. The molecule has 0 amide bonds. The Hall–Kier alpha value is -3.81. The second-order valence-corrected chi connectivity index (χ2v) is 13.0. The minimum absolute atomic E-state index is 0.0829. The van der Waals surface area contributed by atoms with E-state index < -0.39 is 10.8 Å². The first-order valence-corrected chi connectivity index (χ1v) is 14.7. The quantitative estimate of drug-likeness (QED) is 0.0991. The van der Waals surface area contributed by atoms with Gasteiger partial charge in [0.2, 0.25) is 13.6 Å². The van der Waals surface area contributed by atoms with Gasteiger partial charge in [-0.2, -0.15) is 0 Å². The van der Waals surface area contributed by atoms with Crippen molar-refractivity contribution in [3.8, 4) is 17.2 Å². The fraction of sp³-hybridized carbons (Fsp3) is 0.514. The van der Waals surface area contributed by atoms with E-state index in [0.717, 1.165) is 11.1 Å². The summed E-state index contributed by atoms with van der Waals surface area (Å²) in [6.07, 6.45) is 3.17. The fourth-order valence-electron chi connectivity index (χ4n) is 3.88. The van der Waals surface area contributed by atoms with Crippen LogP contribution in [-0.2, 0) is 19.1 Å². The van der Waals surface area contributed by atoms with Crippen molar-refractivity contribution in [3.05, 3.63) is 58.7 Å². The summed E-state index contributed by atoms with van der Waals surface area (Å²) in [5.41, 5.74) is 1.66. The van der Waals surface area contributed by atoms with Crippen LogP contribution in [0.5, 0.6) is 17.2 Å². The van der Waals surface area contributed by atoms with Crippen LogP contribution in [0.3, 0.4) is 0 Å². The largest absolute Gasteiger partial charge is 0.493 e. The van der Waals surface area contributed by atoms with E-state index in [2.05, 4.69) is 33.8 Å². The summed E-state index contributed by atoms with van der Waals surface area (Å²) in [6, 6.07) is 8.64. The zero-order valence-corrected chi connectivity index (χ0v) is 27.6. The lowest BCUT2D eigenvalue weighted by Crippen LogP contribution is -2.25. The van der Waals surface area contributed by atoms with Gasteiger partial charge in [-0.15, -0.1) is 0 Å². The Morgan fingerprint density at radius 3 is 1.63 bits per heavy atom. The second kappa shape index (κ2) is 15.1. The zero-order valence-electron chi connectivity index (χ0n) is 27.6. The first kappa shape index (κ1) is 35.4. The number of hydrogen-bond acceptors (Lipinski definition) is 8. The van der Waals surface area contributed by atoms with E-state index in [1.54, 1.807) is 71.9 Å². The van der Waals surface area contributed by atoms with Crippen molar-refractivity contribution < 1.29 is 38.1 Å². The van der Waals surface area contributed by atoms with E-state index in [1.807, 2.05) is 6.92 Å². The lowest BCUT2D eigenvalue weighted by Gasteiger charge is -2.24. The van der Waals surface area contributed by atoms with Crippen molar-refractivity contribution in [3.63, 3.8) is 0 Å². The minimum atomic E-state index is -0.672. The molecule has 2 aromatic rings. The van der Waals surface area contributed by atoms with Crippen LogP contribution in [0.4, 0.5) is 0 Å². The molecule has 0 atom stereocenters. The molecule has 0 aromatic heterocycles. The summed E-state index contributed by atoms with van der Waals surface area (Å²) in [4.78, 5) is 37.5. The average molecular weight is 597 g/mol. The number of esters is 2. The summed E-state index contributed by atoms with van der Waals surface area (Å²) in [7, 11) is 0. The molecule has 0 aliphatic heterocycles. The Kier molecular flexibility index (Phi) is 12.4. The van der Waals surface area contributed by atoms with E-state index in [1.165, 1.54) is 6.08 Å². The van der Waals surface area contributed by atoms with Crippen LogP contribution in [0.1, 0.15) is 115 Å². The highest BCUT2D eigenvalue weighted by atomic mass is 16.7. The molecule has 43 heavy (non-hydrogen) atoms. The summed E-state index contributed by atoms with van der Waals surface area (Å²) in [5.74, 6) is 0.832. The molecular formula is C35H48O8. The molecule has 8 heteroatoms. The third-order valence-corrected chi connectivity index (χ3v) is 6.43.